The van der Waals surface area contributed by atoms with Crippen molar-refractivity contribution in [2.24, 2.45) is 5.41 Å². The van der Waals surface area contributed by atoms with Crippen LogP contribution in [-0.4, -0.2) is 60.3 Å². The van der Waals surface area contributed by atoms with Crippen LogP contribution in [0.25, 0.3) is 0 Å². The van der Waals surface area contributed by atoms with Gasteiger partial charge < -0.3 is 30.6 Å². The maximum absolute atomic E-state index is 10.4. The number of hydrogen-bond acceptors (Lipinski definition) is 6. The summed E-state index contributed by atoms with van der Waals surface area (Å²) >= 11 is 0. The zero-order chi connectivity index (χ0) is 25.5. The van der Waals surface area contributed by atoms with Gasteiger partial charge in [0.2, 0.25) is 0 Å². The molecule has 0 atom stereocenters. The fourth-order valence-corrected chi connectivity index (χ4v) is 2.20. The van der Waals surface area contributed by atoms with Crippen LogP contribution >= 0.6 is 0 Å². The summed E-state index contributed by atoms with van der Waals surface area (Å²) in [6.07, 6.45) is 2.82. The molecule has 0 amide bonds. The van der Waals surface area contributed by atoms with Gasteiger partial charge >= 0.3 is 23.9 Å². The first-order valence-corrected chi connectivity index (χ1v) is 10.00. The number of unbranched alkanes of at least 4 members (excludes halogenated alkanes) is 1. The predicted molar refractivity (Wildman–Crippen MR) is 116 cm³/mol. The molecule has 0 fully saturated rings. The maximum Gasteiger partial charge on any atom is 0.335 e. The van der Waals surface area contributed by atoms with E-state index in [1.165, 1.54) is 25.1 Å². The first-order valence-electron chi connectivity index (χ1n) is 10.00. The molecular weight excluding hydrogens is 424 g/mol. The summed E-state index contributed by atoms with van der Waals surface area (Å²) in [6.45, 7) is 7.18. The van der Waals surface area contributed by atoms with E-state index in [0.29, 0.717) is 12.8 Å². The van der Waals surface area contributed by atoms with Crippen LogP contribution in [-0.2, 0) is 9.59 Å². The molecule has 6 N–H and O–H groups in total. The van der Waals surface area contributed by atoms with Gasteiger partial charge in [0.05, 0.1) is 11.1 Å². The third-order valence-electron chi connectivity index (χ3n) is 4.54. The Kier molecular flexibility index (Phi) is 14.6. The molecule has 0 saturated carbocycles. The number of aliphatic carboxylic acids is 2. The first-order chi connectivity index (χ1) is 14.5. The summed E-state index contributed by atoms with van der Waals surface area (Å²) < 4.78 is 0. The molecule has 0 aliphatic carbocycles. The molecule has 0 aromatic heterocycles. The Labute approximate surface area is 187 Å². The molecule has 0 unspecified atom stereocenters. The van der Waals surface area contributed by atoms with Gasteiger partial charge in [-0.2, -0.15) is 0 Å². The Balaban J connectivity index is 0. The van der Waals surface area contributed by atoms with Gasteiger partial charge in [-0.05, 0) is 44.4 Å². The topological polar surface area (TPSA) is 190 Å². The Morgan fingerprint density at radius 1 is 0.781 bits per heavy atom. The minimum Gasteiger partial charge on any atom is -0.481 e. The highest BCUT2D eigenvalue weighted by molar-refractivity contribution is 5.93. The van der Waals surface area contributed by atoms with Crippen LogP contribution in [0, 0.1) is 5.41 Å². The minimum atomic E-state index is -1.55. The van der Waals surface area contributed by atoms with Gasteiger partial charge in [-0.15, -0.1) is 0 Å². The minimum absolute atomic E-state index is 0.0186. The van der Waals surface area contributed by atoms with Crippen LogP contribution in [0.4, 0.5) is 0 Å². The average molecular weight is 459 g/mol. The lowest BCUT2D eigenvalue weighted by atomic mass is 9.80. The van der Waals surface area contributed by atoms with Crippen LogP contribution in [0.2, 0.25) is 0 Å². The summed E-state index contributed by atoms with van der Waals surface area (Å²) in [6, 6.07) is 5.20. The number of aromatic carboxylic acids is 2. The van der Waals surface area contributed by atoms with Crippen molar-refractivity contribution in [1.82, 2.24) is 0 Å². The average Bonchev–Trinajstić information content (AvgIpc) is 2.65. The molecule has 0 spiro atoms. The quantitative estimate of drug-likeness (QED) is 0.224. The molecule has 0 saturated heterocycles. The van der Waals surface area contributed by atoms with E-state index in [9.17, 15) is 29.4 Å². The van der Waals surface area contributed by atoms with Gasteiger partial charge in [-0.3, -0.25) is 9.59 Å². The molecular formula is C22H34O10. The molecule has 32 heavy (non-hydrogen) atoms. The van der Waals surface area contributed by atoms with Crippen molar-refractivity contribution >= 4 is 23.9 Å². The zero-order valence-electron chi connectivity index (χ0n) is 18.9. The number of carbonyl (C=O) groups is 4. The molecule has 10 nitrogen and oxygen atoms in total. The van der Waals surface area contributed by atoms with Gasteiger partial charge in [-0.25, -0.2) is 9.59 Å². The van der Waals surface area contributed by atoms with Gasteiger partial charge in [-0.1, -0.05) is 33.3 Å². The summed E-state index contributed by atoms with van der Waals surface area (Å²) in [5.41, 5.74) is -0.438. The van der Waals surface area contributed by atoms with E-state index in [4.69, 9.17) is 20.4 Å². The Morgan fingerprint density at radius 2 is 1.16 bits per heavy atom. The lowest BCUT2D eigenvalue weighted by Gasteiger charge is -2.35. The lowest BCUT2D eigenvalue weighted by molar-refractivity contribution is -0.220. The Morgan fingerprint density at radius 3 is 1.38 bits per heavy atom. The lowest BCUT2D eigenvalue weighted by Crippen LogP contribution is -2.41. The van der Waals surface area contributed by atoms with E-state index in [1.807, 2.05) is 20.8 Å². The van der Waals surface area contributed by atoms with Gasteiger partial charge in [0.1, 0.15) is 0 Å². The second-order valence-electron chi connectivity index (χ2n) is 7.84. The number of benzene rings is 1. The number of hydrogen-bond donors (Lipinski definition) is 6. The number of aliphatic hydroxyl groups is 2. The molecule has 0 aliphatic heterocycles. The first kappa shape index (κ1) is 31.2. The van der Waals surface area contributed by atoms with Gasteiger partial charge in [0.25, 0.3) is 0 Å². The fraction of sp³-hybridized carbons (Fsp3) is 0.545. The Hall–Kier alpha value is -2.98. The van der Waals surface area contributed by atoms with Crippen molar-refractivity contribution in [3.8, 4) is 0 Å². The molecule has 1 aromatic rings. The van der Waals surface area contributed by atoms with Crippen molar-refractivity contribution in [2.75, 3.05) is 0 Å². The van der Waals surface area contributed by atoms with E-state index >= 15 is 0 Å². The van der Waals surface area contributed by atoms with E-state index in [0.717, 1.165) is 18.9 Å². The number of carboxylic acids is 4. The summed E-state index contributed by atoms with van der Waals surface area (Å²) in [7, 11) is 0. The van der Waals surface area contributed by atoms with Crippen molar-refractivity contribution in [1.29, 1.82) is 0 Å². The van der Waals surface area contributed by atoms with Crippen LogP contribution in [0.5, 0.6) is 0 Å². The van der Waals surface area contributed by atoms with Crippen LogP contribution in [0.1, 0.15) is 86.9 Å². The smallest absolute Gasteiger partial charge is 0.335 e. The summed E-state index contributed by atoms with van der Waals surface area (Å²) in [5.74, 6) is -5.55. The van der Waals surface area contributed by atoms with Gasteiger partial charge in [0, 0.05) is 18.3 Å². The molecule has 1 rings (SSSR count). The standard InChI is InChI=1S/C8H6O4.C8H18O2.C6H10O4/c9-7(10)5-2-1-3-6(4-5)8(11)12;1-5-6-7(2,3)8(4,9)10;7-5(8)3-1-2-4-6(9)10/h1-4H,(H,9,10)(H,11,12);9-10H,5-6H2,1-4H3;1-4H2,(H,7,8)(H,9,10). The normalized spacial score (nSPS) is 10.7. The monoisotopic (exact) mass is 458 g/mol. The highest BCUT2D eigenvalue weighted by atomic mass is 16.5. The molecule has 0 heterocycles. The summed E-state index contributed by atoms with van der Waals surface area (Å²) in [4.78, 5) is 40.6. The van der Waals surface area contributed by atoms with Crippen LogP contribution < -0.4 is 0 Å². The predicted octanol–water partition coefficient (Wildman–Crippen LogP) is 3.31. The van der Waals surface area contributed by atoms with Crippen LogP contribution in [0.15, 0.2) is 24.3 Å². The van der Waals surface area contributed by atoms with E-state index < -0.39 is 35.1 Å². The van der Waals surface area contributed by atoms with E-state index in [-0.39, 0.29) is 24.0 Å². The maximum atomic E-state index is 10.4. The SMILES string of the molecule is CCCC(C)(C)C(C)(O)O.O=C(O)CCCCC(=O)O.O=C(O)c1cccc(C(=O)O)c1. The number of carboxylic acid groups (broad SMARTS) is 4. The Bertz CT molecular complexity index is 702. The van der Waals surface area contributed by atoms with Crippen LogP contribution in [0.3, 0.4) is 0 Å². The van der Waals surface area contributed by atoms with Gasteiger partial charge in [0.15, 0.2) is 5.79 Å². The van der Waals surface area contributed by atoms with Crippen molar-refractivity contribution in [2.45, 2.75) is 72.0 Å². The fourth-order valence-electron chi connectivity index (χ4n) is 2.20. The summed E-state index contributed by atoms with van der Waals surface area (Å²) in [5, 5.41) is 51.7. The van der Waals surface area contributed by atoms with Crippen molar-refractivity contribution < 1.29 is 49.8 Å². The molecule has 10 heteroatoms. The molecule has 0 radical (unpaired) electrons. The molecule has 1 aromatic carbocycles. The third kappa shape index (κ3) is 14.9. The van der Waals surface area contributed by atoms with Crippen molar-refractivity contribution in [3.63, 3.8) is 0 Å². The second kappa shape index (κ2) is 14.9. The highest BCUT2D eigenvalue weighted by Crippen LogP contribution is 2.32. The third-order valence-corrected chi connectivity index (χ3v) is 4.54. The molecule has 182 valence electrons. The zero-order valence-corrected chi connectivity index (χ0v) is 18.9. The highest BCUT2D eigenvalue weighted by Gasteiger charge is 2.36. The van der Waals surface area contributed by atoms with E-state index in [2.05, 4.69) is 0 Å². The molecule has 0 bridgehead atoms. The second-order valence-corrected chi connectivity index (χ2v) is 7.84. The van der Waals surface area contributed by atoms with Crippen molar-refractivity contribution in [3.05, 3.63) is 35.4 Å². The van der Waals surface area contributed by atoms with E-state index in [1.54, 1.807) is 0 Å². The molecule has 0 aliphatic rings. The number of rotatable bonds is 10. The largest absolute Gasteiger partial charge is 0.481 e.